The second-order valence-electron chi connectivity index (χ2n) is 7.23. The number of hydrogen-bond donors (Lipinski definition) is 0. The molecule has 3 rings (SSSR count). The summed E-state index contributed by atoms with van der Waals surface area (Å²) in [6.45, 7) is 0. The van der Waals surface area contributed by atoms with Crippen LogP contribution < -0.4 is 10.3 Å². The van der Waals surface area contributed by atoms with Crippen molar-refractivity contribution < 1.29 is 18.9 Å². The molecule has 0 saturated heterocycles. The Balaban J connectivity index is 2.00. The van der Waals surface area contributed by atoms with Gasteiger partial charge in [-0.15, -0.1) is 0 Å². The highest BCUT2D eigenvalue weighted by Gasteiger charge is 2.40. The summed E-state index contributed by atoms with van der Waals surface area (Å²) in [4.78, 5) is 25.7. The van der Waals surface area contributed by atoms with Crippen LogP contribution >= 0.6 is 0 Å². The van der Waals surface area contributed by atoms with Gasteiger partial charge < -0.3 is 4.74 Å². The Morgan fingerprint density at radius 3 is 2.48 bits per heavy atom. The molecule has 0 N–H and O–H groups in total. The van der Waals surface area contributed by atoms with Crippen molar-refractivity contribution >= 4 is 24.8 Å². The predicted molar refractivity (Wildman–Crippen MR) is 97.4 cm³/mol. The van der Waals surface area contributed by atoms with Gasteiger partial charge in [0.2, 0.25) is 0 Å². The average molecular weight is 340 g/mol. The van der Waals surface area contributed by atoms with Crippen molar-refractivity contribution in [1.82, 2.24) is 4.57 Å². The summed E-state index contributed by atoms with van der Waals surface area (Å²) < 4.78 is 9.20. The first-order chi connectivity index (χ1) is 12.0. The van der Waals surface area contributed by atoms with E-state index in [0.717, 1.165) is 24.1 Å². The molecule has 0 radical (unpaired) electrons. The zero-order chi connectivity index (χ0) is 18.0. The number of ether oxygens (including phenoxy) is 1. The second kappa shape index (κ2) is 7.25. The van der Waals surface area contributed by atoms with Crippen LogP contribution in [0, 0.1) is 5.92 Å². The van der Waals surface area contributed by atoms with Crippen molar-refractivity contribution in [2.24, 2.45) is 20.0 Å². The van der Waals surface area contributed by atoms with E-state index < -0.39 is 19.0 Å². The molecule has 0 bridgehead atoms. The molecule has 1 fully saturated rings. The summed E-state index contributed by atoms with van der Waals surface area (Å²) in [6, 6.07) is 9.71. The van der Waals surface area contributed by atoms with Crippen molar-refractivity contribution in [3.8, 4) is 0 Å². The van der Waals surface area contributed by atoms with Crippen molar-refractivity contribution in [3.63, 3.8) is 0 Å². The van der Waals surface area contributed by atoms with Gasteiger partial charge in [-0.3, -0.25) is 18.7 Å². The molecule has 1 aromatic carbocycles. The molecule has 25 heavy (non-hydrogen) atoms. The molecule has 1 aliphatic carbocycles. The maximum Gasteiger partial charge on any atom is 0.274 e. The number of benzene rings is 1. The van der Waals surface area contributed by atoms with Gasteiger partial charge in [-0.2, -0.15) is 0 Å². The van der Waals surface area contributed by atoms with Crippen LogP contribution in [0.4, 0.5) is 0 Å². The molecule has 1 saturated carbocycles. The largest absolute Gasteiger partial charge is 0.471 e. The van der Waals surface area contributed by atoms with Crippen LogP contribution in [0.2, 0.25) is 5.82 Å². The SMILES string of the molecule is COC(=O)[C@@H]([BH2-]c1n(C)cc[n+]1C)[C@@H](C(=O)C1CC1)c1ccccc1. The van der Waals surface area contributed by atoms with Gasteiger partial charge in [-0.25, -0.2) is 0 Å². The first-order valence-electron chi connectivity index (χ1n) is 9.00. The molecular formula is C19H25BN2O3. The number of methoxy groups -OCH3 is 1. The highest BCUT2D eigenvalue weighted by molar-refractivity contribution is 6.57. The second-order valence-corrected chi connectivity index (χ2v) is 7.23. The minimum absolute atomic E-state index is 0.103. The number of Topliss-reactive ketones (excluding diaryl/α,β-unsaturated/α-hetero) is 1. The van der Waals surface area contributed by atoms with Crippen molar-refractivity contribution in [1.29, 1.82) is 0 Å². The third-order valence-corrected chi connectivity index (χ3v) is 5.62. The standard InChI is InChI=1S/C19H25BN2O3/c1-21-11-12-22(2)19(21)20-16(18(24)25-3)15(17(23)14-9-10-14)13-7-5-4-6-8-13/h4-8,11-12,14-16H,9-10,20H2,1-3H3/t15-,16-/m0/s1. The molecule has 1 aliphatic rings. The molecule has 132 valence electrons. The third kappa shape index (κ3) is 3.68. The van der Waals surface area contributed by atoms with Crippen molar-refractivity contribution in [2.45, 2.75) is 24.6 Å². The zero-order valence-electron chi connectivity index (χ0n) is 15.3. The number of rotatable bonds is 7. The molecule has 6 heteroatoms. The summed E-state index contributed by atoms with van der Waals surface area (Å²) in [5.41, 5.74) is 2.04. The Kier molecular flexibility index (Phi) is 5.07. The highest BCUT2D eigenvalue weighted by Crippen LogP contribution is 2.40. The lowest BCUT2D eigenvalue weighted by Gasteiger charge is -2.28. The molecule has 2 atom stereocenters. The molecule has 1 heterocycles. The van der Waals surface area contributed by atoms with Crippen LogP contribution in [0.5, 0.6) is 0 Å². The van der Waals surface area contributed by atoms with E-state index in [1.54, 1.807) is 0 Å². The maximum absolute atomic E-state index is 13.1. The van der Waals surface area contributed by atoms with Crippen molar-refractivity contribution in [2.75, 3.05) is 7.11 Å². The zero-order valence-corrected chi connectivity index (χ0v) is 15.3. The van der Waals surface area contributed by atoms with Crippen LogP contribution in [0.1, 0.15) is 24.3 Å². The van der Waals surface area contributed by atoms with Crippen LogP contribution in [-0.4, -0.2) is 30.7 Å². The Labute approximate surface area is 148 Å². The van der Waals surface area contributed by atoms with E-state index in [0.29, 0.717) is 0 Å². The summed E-state index contributed by atoms with van der Waals surface area (Å²) >= 11 is 0. The third-order valence-electron chi connectivity index (χ3n) is 5.62. The lowest BCUT2D eigenvalue weighted by molar-refractivity contribution is -0.653. The van der Waals surface area contributed by atoms with Gasteiger partial charge in [0.05, 0.1) is 26.9 Å². The molecule has 5 nitrogen and oxygen atoms in total. The van der Waals surface area contributed by atoms with Gasteiger partial charge in [-0.05, 0) is 24.2 Å². The Bertz CT molecular complexity index is 749. The maximum atomic E-state index is 13.1. The summed E-state index contributed by atoms with van der Waals surface area (Å²) in [5, 5.41) is 0. The Hall–Kier alpha value is -2.37. The first-order valence-corrected chi connectivity index (χ1v) is 9.00. The smallest absolute Gasteiger partial charge is 0.274 e. The molecule has 0 spiro atoms. The number of imidazole rings is 1. The van der Waals surface area contributed by atoms with Crippen LogP contribution in [0.25, 0.3) is 0 Å². The van der Waals surface area contributed by atoms with Gasteiger partial charge in [-0.1, -0.05) is 30.3 Å². The van der Waals surface area contributed by atoms with Gasteiger partial charge in [0, 0.05) is 11.8 Å². The fourth-order valence-electron chi connectivity index (χ4n) is 3.94. The van der Waals surface area contributed by atoms with E-state index >= 15 is 0 Å². The molecule has 0 aliphatic heterocycles. The van der Waals surface area contributed by atoms with E-state index in [1.807, 2.05) is 66.0 Å². The van der Waals surface area contributed by atoms with Gasteiger partial charge in [0.25, 0.3) is 5.97 Å². The van der Waals surface area contributed by atoms with Gasteiger partial charge >= 0.3 is 0 Å². The average Bonchev–Trinajstić information content (AvgIpc) is 3.43. The van der Waals surface area contributed by atoms with Crippen LogP contribution in [0.3, 0.4) is 0 Å². The minimum atomic E-state index is -0.925. The number of carbonyl (C=O) groups excluding carboxylic acids is 2. The van der Waals surface area contributed by atoms with Crippen LogP contribution in [0.15, 0.2) is 42.7 Å². The van der Waals surface area contributed by atoms with E-state index in [-0.39, 0.29) is 17.7 Å². The number of hydrogen-bond acceptors (Lipinski definition) is 3. The summed E-state index contributed by atoms with van der Waals surface area (Å²) in [5.74, 6) is -0.784. The van der Waals surface area contributed by atoms with E-state index in [4.69, 9.17) is 4.74 Å². The number of esters is 1. The normalized spacial score (nSPS) is 16.3. The van der Waals surface area contributed by atoms with E-state index in [1.165, 1.54) is 7.11 Å². The Morgan fingerprint density at radius 1 is 1.28 bits per heavy atom. The molecule has 0 amide bonds. The Morgan fingerprint density at radius 2 is 1.96 bits per heavy atom. The number of ketones is 1. The fourth-order valence-corrected chi connectivity index (χ4v) is 3.94. The molecule has 1 aromatic heterocycles. The van der Waals surface area contributed by atoms with E-state index in [9.17, 15) is 9.59 Å². The number of aryl methyl sites for hydroxylation is 2. The monoisotopic (exact) mass is 340 g/mol. The predicted octanol–water partition coefficient (Wildman–Crippen LogP) is 0.368. The topological polar surface area (TPSA) is 52.2 Å². The summed E-state index contributed by atoms with van der Waals surface area (Å²) in [6.07, 6.45) is 5.84. The number of carbonyl (C=O) groups is 2. The lowest BCUT2D eigenvalue weighted by Crippen LogP contribution is -2.52. The van der Waals surface area contributed by atoms with Crippen molar-refractivity contribution in [3.05, 3.63) is 48.3 Å². The first kappa shape index (κ1) is 17.5. The van der Waals surface area contributed by atoms with Gasteiger partial charge in [0.15, 0.2) is 0 Å². The molecule has 2 aromatic rings. The van der Waals surface area contributed by atoms with Gasteiger partial charge in [0.1, 0.15) is 25.5 Å². The van der Waals surface area contributed by atoms with E-state index in [2.05, 4.69) is 0 Å². The molecular weight excluding hydrogens is 315 g/mol. The summed E-state index contributed by atoms with van der Waals surface area (Å²) in [7, 11) is 4.45. The fraction of sp³-hybridized carbons (Fsp3) is 0.421. The minimum Gasteiger partial charge on any atom is -0.471 e. The highest BCUT2D eigenvalue weighted by atomic mass is 16.5. The number of nitrogens with zero attached hydrogens (tertiary/aromatic N) is 2. The number of aromatic nitrogens is 2. The quantitative estimate of drug-likeness (QED) is 0.416. The molecule has 0 unspecified atom stereocenters. The lowest BCUT2D eigenvalue weighted by atomic mass is 9.55. The van der Waals surface area contributed by atoms with Crippen LogP contribution in [-0.2, 0) is 28.4 Å².